The zero-order chi connectivity index (χ0) is 21.6. The fraction of sp³-hybridized carbons (Fsp3) is 0.455. The first kappa shape index (κ1) is 20.6. The summed E-state index contributed by atoms with van der Waals surface area (Å²) < 4.78 is 45.5. The smallest absolute Gasteiger partial charge is 0.381 e. The molecule has 4 heterocycles. The summed E-state index contributed by atoms with van der Waals surface area (Å²) in [7, 11) is 0. The summed E-state index contributed by atoms with van der Waals surface area (Å²) in [4.78, 5) is 13.5. The first-order valence-corrected chi connectivity index (χ1v) is 10.8. The van der Waals surface area contributed by atoms with Crippen LogP contribution in [-0.4, -0.2) is 34.7 Å². The Bertz CT molecular complexity index is 1090. The molecule has 0 aliphatic carbocycles. The lowest BCUT2D eigenvalue weighted by Crippen LogP contribution is -2.38. The number of rotatable bonds is 3. The van der Waals surface area contributed by atoms with Gasteiger partial charge in [0.15, 0.2) is 0 Å². The maximum Gasteiger partial charge on any atom is 0.433 e. The van der Waals surface area contributed by atoms with Gasteiger partial charge in [0.2, 0.25) is 5.95 Å². The summed E-state index contributed by atoms with van der Waals surface area (Å²) in [5.41, 5.74) is 2.23. The zero-order valence-corrected chi connectivity index (χ0v) is 17.5. The van der Waals surface area contributed by atoms with E-state index in [1.165, 1.54) is 11.8 Å². The lowest BCUT2D eigenvalue weighted by atomic mass is 9.88. The van der Waals surface area contributed by atoms with Crippen molar-refractivity contribution in [2.24, 2.45) is 5.92 Å². The van der Waals surface area contributed by atoms with Crippen LogP contribution in [0.2, 0.25) is 5.02 Å². The van der Waals surface area contributed by atoms with Crippen molar-refractivity contribution in [2.75, 3.05) is 24.7 Å². The van der Waals surface area contributed by atoms with Crippen molar-refractivity contribution in [3.05, 3.63) is 52.4 Å². The second kappa shape index (κ2) is 7.98. The lowest BCUT2D eigenvalue weighted by Gasteiger charge is -2.38. The molecule has 2 atom stereocenters. The number of aromatic nitrogens is 3. The van der Waals surface area contributed by atoms with Gasteiger partial charge in [0.1, 0.15) is 5.69 Å². The predicted molar refractivity (Wildman–Crippen MR) is 112 cm³/mol. The van der Waals surface area contributed by atoms with Crippen molar-refractivity contribution in [1.82, 2.24) is 15.0 Å². The summed E-state index contributed by atoms with van der Waals surface area (Å²) in [6.45, 7) is 1.96. The fourth-order valence-electron chi connectivity index (χ4n) is 4.78. The molecule has 1 aromatic carbocycles. The number of hydrogen-bond donors (Lipinski definition) is 1. The fourth-order valence-corrected chi connectivity index (χ4v) is 4.95. The van der Waals surface area contributed by atoms with Crippen molar-refractivity contribution in [3.63, 3.8) is 0 Å². The van der Waals surface area contributed by atoms with E-state index in [0.717, 1.165) is 48.5 Å². The highest BCUT2D eigenvalue weighted by Crippen LogP contribution is 2.41. The predicted octanol–water partition coefficient (Wildman–Crippen LogP) is 5.55. The normalized spacial score (nSPS) is 22.0. The van der Waals surface area contributed by atoms with E-state index in [-0.39, 0.29) is 12.0 Å². The van der Waals surface area contributed by atoms with Crippen LogP contribution < -0.4 is 4.90 Å². The molecule has 0 unspecified atom stereocenters. The van der Waals surface area contributed by atoms with E-state index in [1.807, 2.05) is 23.1 Å². The minimum absolute atomic E-state index is 0.110. The molecule has 9 heteroatoms. The number of benzene rings is 1. The molecule has 5 rings (SSSR count). The van der Waals surface area contributed by atoms with Gasteiger partial charge in [-0.05, 0) is 61.4 Å². The Hall–Kier alpha value is -2.32. The van der Waals surface area contributed by atoms with Crippen molar-refractivity contribution >= 4 is 28.5 Å². The second-order valence-electron chi connectivity index (χ2n) is 8.22. The molecule has 5 nitrogen and oxygen atoms in total. The molecule has 2 aliphatic heterocycles. The Balaban J connectivity index is 1.57. The van der Waals surface area contributed by atoms with Crippen LogP contribution in [0, 0.1) is 5.92 Å². The van der Waals surface area contributed by atoms with Gasteiger partial charge in [0.05, 0.1) is 6.04 Å². The molecule has 0 radical (unpaired) electrons. The number of nitrogens with one attached hydrogen (secondary N) is 1. The Labute approximate surface area is 182 Å². The van der Waals surface area contributed by atoms with E-state index < -0.39 is 11.9 Å². The number of ether oxygens (including phenoxy) is 1. The van der Waals surface area contributed by atoms with Crippen molar-refractivity contribution in [3.8, 4) is 0 Å². The number of anilines is 1. The first-order valence-electron chi connectivity index (χ1n) is 10.4. The van der Waals surface area contributed by atoms with E-state index >= 15 is 0 Å². The summed E-state index contributed by atoms with van der Waals surface area (Å²) in [6.07, 6.45) is 0.136. The first-order chi connectivity index (χ1) is 14.9. The van der Waals surface area contributed by atoms with Crippen LogP contribution in [0.1, 0.15) is 42.3 Å². The van der Waals surface area contributed by atoms with E-state index in [4.69, 9.17) is 16.3 Å². The Morgan fingerprint density at radius 1 is 1.26 bits per heavy atom. The van der Waals surface area contributed by atoms with Gasteiger partial charge in [-0.3, -0.25) is 0 Å². The van der Waals surface area contributed by atoms with Gasteiger partial charge < -0.3 is 14.6 Å². The maximum atomic E-state index is 13.3. The van der Waals surface area contributed by atoms with E-state index in [2.05, 4.69) is 15.0 Å². The zero-order valence-electron chi connectivity index (χ0n) is 16.8. The molecule has 2 aliphatic rings. The summed E-state index contributed by atoms with van der Waals surface area (Å²) in [5.74, 6) is 0.437. The number of aromatic amines is 1. The Morgan fingerprint density at radius 2 is 2.13 bits per heavy atom. The largest absolute Gasteiger partial charge is 0.433 e. The van der Waals surface area contributed by atoms with Crippen LogP contribution in [-0.2, 0) is 17.3 Å². The topological polar surface area (TPSA) is 54.0 Å². The second-order valence-corrected chi connectivity index (χ2v) is 8.66. The molecule has 164 valence electrons. The van der Waals surface area contributed by atoms with Crippen LogP contribution in [0.4, 0.5) is 19.1 Å². The lowest BCUT2D eigenvalue weighted by molar-refractivity contribution is -0.141. The number of alkyl halides is 3. The molecule has 1 saturated heterocycles. The number of H-pyrrole nitrogens is 1. The quantitative estimate of drug-likeness (QED) is 0.568. The van der Waals surface area contributed by atoms with Crippen LogP contribution in [0.3, 0.4) is 0 Å². The van der Waals surface area contributed by atoms with Gasteiger partial charge in [0, 0.05) is 47.6 Å². The highest BCUT2D eigenvalue weighted by Gasteiger charge is 2.37. The SMILES string of the molecule is FC(F)(F)c1ccnc(N2CCc3c([nH]c4ccc(Cl)cc34)[C@@H]2C[C@@H]2CCCOC2)n1. The summed E-state index contributed by atoms with van der Waals surface area (Å²) >= 11 is 6.23. The number of nitrogens with zero attached hydrogens (tertiary/aromatic N) is 3. The number of hydrogen-bond acceptors (Lipinski definition) is 4. The van der Waals surface area contributed by atoms with E-state index in [9.17, 15) is 13.2 Å². The van der Waals surface area contributed by atoms with Gasteiger partial charge in [0.25, 0.3) is 0 Å². The molecule has 31 heavy (non-hydrogen) atoms. The third-order valence-electron chi connectivity index (χ3n) is 6.21. The summed E-state index contributed by atoms with van der Waals surface area (Å²) in [5, 5.41) is 1.73. The molecule has 0 amide bonds. The molecule has 1 N–H and O–H groups in total. The van der Waals surface area contributed by atoms with Crippen LogP contribution >= 0.6 is 11.6 Å². The molecular weight excluding hydrogens is 429 g/mol. The number of halogens is 4. The molecule has 0 spiro atoms. The van der Waals surface area contributed by atoms with E-state index in [0.29, 0.717) is 30.5 Å². The third kappa shape index (κ3) is 3.99. The average Bonchev–Trinajstić information content (AvgIpc) is 3.12. The van der Waals surface area contributed by atoms with Crippen molar-refractivity contribution in [1.29, 1.82) is 0 Å². The molecule has 1 fully saturated rings. The third-order valence-corrected chi connectivity index (χ3v) is 6.45. The molecule has 0 saturated carbocycles. The maximum absolute atomic E-state index is 13.3. The highest BCUT2D eigenvalue weighted by molar-refractivity contribution is 6.31. The van der Waals surface area contributed by atoms with Gasteiger partial charge in [-0.2, -0.15) is 13.2 Å². The molecule has 3 aromatic rings. The molecule has 2 aromatic heterocycles. The van der Waals surface area contributed by atoms with Crippen LogP contribution in [0.15, 0.2) is 30.5 Å². The average molecular weight is 451 g/mol. The Morgan fingerprint density at radius 3 is 2.90 bits per heavy atom. The van der Waals surface area contributed by atoms with Crippen LogP contribution in [0.5, 0.6) is 0 Å². The molecular formula is C22H22ClF3N4O. The standard InChI is InChI=1S/C22H22ClF3N4O/c23-14-3-4-17-16(11-14)15-6-8-30(21-27-7-5-19(29-21)22(24,25)26)18(20(15)28-17)10-13-2-1-9-31-12-13/h3-5,7,11,13,18,28H,1-2,6,8-10,12H2/t13-,18-/m0/s1. The number of fused-ring (bicyclic) bond motifs is 3. The summed E-state index contributed by atoms with van der Waals surface area (Å²) in [6, 6.07) is 6.48. The van der Waals surface area contributed by atoms with Gasteiger partial charge >= 0.3 is 6.18 Å². The monoisotopic (exact) mass is 450 g/mol. The minimum Gasteiger partial charge on any atom is -0.381 e. The van der Waals surface area contributed by atoms with Crippen molar-refractivity contribution < 1.29 is 17.9 Å². The highest BCUT2D eigenvalue weighted by atomic mass is 35.5. The van der Waals surface area contributed by atoms with Gasteiger partial charge in [-0.25, -0.2) is 9.97 Å². The van der Waals surface area contributed by atoms with Gasteiger partial charge in [-0.15, -0.1) is 0 Å². The Kier molecular flexibility index (Phi) is 5.30. The van der Waals surface area contributed by atoms with Crippen molar-refractivity contribution in [2.45, 2.75) is 37.9 Å². The van der Waals surface area contributed by atoms with Gasteiger partial charge in [-0.1, -0.05) is 11.6 Å². The van der Waals surface area contributed by atoms with E-state index in [1.54, 1.807) is 0 Å². The minimum atomic E-state index is -4.51. The molecule has 0 bridgehead atoms. The van der Waals surface area contributed by atoms with Crippen LogP contribution in [0.25, 0.3) is 10.9 Å².